The van der Waals surface area contributed by atoms with Crippen LogP contribution in [0.15, 0.2) is 35.1 Å². The van der Waals surface area contributed by atoms with Crippen molar-refractivity contribution < 1.29 is 9.53 Å². The van der Waals surface area contributed by atoms with Crippen molar-refractivity contribution in [2.75, 3.05) is 11.9 Å². The number of aromatic nitrogens is 1. The minimum atomic E-state index is -0.484. The summed E-state index contributed by atoms with van der Waals surface area (Å²) in [6.07, 6.45) is 0.479. The number of amides is 1. The molecule has 0 bridgehead atoms. The summed E-state index contributed by atoms with van der Waals surface area (Å²) in [4.78, 5) is 26.6. The second-order valence-corrected chi connectivity index (χ2v) is 4.78. The maximum Gasteiger partial charge on any atom is 0.266 e. The number of ether oxygens (including phenoxy) is 1. The van der Waals surface area contributed by atoms with Crippen LogP contribution in [0.3, 0.4) is 0 Å². The number of benzene rings is 1. The molecule has 1 aromatic carbocycles. The van der Waals surface area contributed by atoms with E-state index in [0.717, 1.165) is 5.75 Å². The molecular formula is C17H17N3O3. The van der Waals surface area contributed by atoms with Gasteiger partial charge in [0.15, 0.2) is 0 Å². The van der Waals surface area contributed by atoms with Crippen molar-refractivity contribution in [3.63, 3.8) is 0 Å². The molecular weight excluding hydrogens is 294 g/mol. The van der Waals surface area contributed by atoms with Crippen LogP contribution in [0.5, 0.6) is 5.75 Å². The van der Waals surface area contributed by atoms with Gasteiger partial charge in [0.1, 0.15) is 17.4 Å². The quantitative estimate of drug-likeness (QED) is 0.886. The first kappa shape index (κ1) is 16.3. The Bertz CT molecular complexity index is 801. The molecule has 0 unspecified atom stereocenters. The summed E-state index contributed by atoms with van der Waals surface area (Å²) in [7, 11) is 0. The Morgan fingerprint density at radius 1 is 1.30 bits per heavy atom. The van der Waals surface area contributed by atoms with Gasteiger partial charge in [-0.25, -0.2) is 0 Å². The average molecular weight is 311 g/mol. The second-order valence-electron chi connectivity index (χ2n) is 4.78. The number of hydrogen-bond acceptors (Lipinski definition) is 4. The van der Waals surface area contributed by atoms with Crippen molar-refractivity contribution >= 4 is 11.6 Å². The third-order valence-electron chi connectivity index (χ3n) is 3.26. The molecule has 0 aliphatic carbocycles. The lowest BCUT2D eigenvalue weighted by Gasteiger charge is -2.10. The SMILES string of the molecule is CCOc1ccc(NC(=O)c2cc(C#N)c(=O)[nH]c2CC)cc1. The van der Waals surface area contributed by atoms with Crippen LogP contribution in [0.25, 0.3) is 0 Å². The molecule has 1 amide bonds. The molecule has 0 aliphatic heterocycles. The van der Waals surface area contributed by atoms with Crippen LogP contribution >= 0.6 is 0 Å². The van der Waals surface area contributed by atoms with Crippen LogP contribution in [0, 0.1) is 11.3 Å². The minimum Gasteiger partial charge on any atom is -0.494 e. The zero-order valence-electron chi connectivity index (χ0n) is 13.0. The highest BCUT2D eigenvalue weighted by Crippen LogP contribution is 2.17. The highest BCUT2D eigenvalue weighted by molar-refractivity contribution is 6.05. The third kappa shape index (κ3) is 3.77. The van der Waals surface area contributed by atoms with Gasteiger partial charge < -0.3 is 15.0 Å². The first-order valence-electron chi connectivity index (χ1n) is 7.29. The molecule has 2 N–H and O–H groups in total. The number of H-pyrrole nitrogens is 1. The summed E-state index contributed by atoms with van der Waals surface area (Å²) in [6.45, 7) is 4.29. The fourth-order valence-electron chi connectivity index (χ4n) is 2.13. The minimum absolute atomic E-state index is 0.0842. The lowest BCUT2D eigenvalue weighted by molar-refractivity contribution is 0.102. The molecule has 2 rings (SSSR count). The highest BCUT2D eigenvalue weighted by atomic mass is 16.5. The standard InChI is InChI=1S/C17H17N3O3/c1-3-15-14(9-11(10-18)16(21)20-15)17(22)19-12-5-7-13(8-6-12)23-4-2/h5-9H,3-4H2,1-2H3,(H,19,22)(H,20,21). The van der Waals surface area contributed by atoms with Crippen LogP contribution in [0.2, 0.25) is 0 Å². The number of carbonyl (C=O) groups is 1. The Kier molecular flexibility index (Phi) is 5.15. The summed E-state index contributed by atoms with van der Waals surface area (Å²) in [6, 6.07) is 10.1. The number of carbonyl (C=O) groups excluding carboxylic acids is 1. The summed E-state index contributed by atoms with van der Waals surface area (Å²) in [5, 5.41) is 11.7. The molecule has 23 heavy (non-hydrogen) atoms. The second kappa shape index (κ2) is 7.27. The number of anilines is 1. The van der Waals surface area contributed by atoms with Gasteiger partial charge in [0.05, 0.1) is 12.2 Å². The van der Waals surface area contributed by atoms with E-state index in [1.54, 1.807) is 30.3 Å². The van der Waals surface area contributed by atoms with E-state index < -0.39 is 5.56 Å². The number of aryl methyl sites for hydroxylation is 1. The predicted molar refractivity (Wildman–Crippen MR) is 86.7 cm³/mol. The van der Waals surface area contributed by atoms with Gasteiger partial charge in [0, 0.05) is 11.4 Å². The smallest absolute Gasteiger partial charge is 0.266 e. The fraction of sp³-hybridized carbons (Fsp3) is 0.235. The topological polar surface area (TPSA) is 95.0 Å². The number of nitriles is 1. The van der Waals surface area contributed by atoms with Gasteiger partial charge in [-0.05, 0) is 43.7 Å². The molecule has 6 heteroatoms. The summed E-state index contributed by atoms with van der Waals surface area (Å²) < 4.78 is 5.34. The van der Waals surface area contributed by atoms with E-state index in [9.17, 15) is 9.59 Å². The van der Waals surface area contributed by atoms with Crippen molar-refractivity contribution in [3.05, 3.63) is 57.5 Å². The van der Waals surface area contributed by atoms with Gasteiger partial charge in [0.2, 0.25) is 0 Å². The number of pyridine rings is 1. The zero-order valence-corrected chi connectivity index (χ0v) is 13.0. The molecule has 0 saturated carbocycles. The Morgan fingerprint density at radius 3 is 2.57 bits per heavy atom. The monoisotopic (exact) mass is 311 g/mol. The molecule has 2 aromatic rings. The van der Waals surface area contributed by atoms with E-state index in [4.69, 9.17) is 10.00 Å². The van der Waals surface area contributed by atoms with Crippen LogP contribution < -0.4 is 15.6 Å². The Labute approximate surface area is 133 Å². The summed E-state index contributed by atoms with van der Waals surface area (Å²) in [5.41, 5.74) is 0.821. The van der Waals surface area contributed by atoms with E-state index in [1.165, 1.54) is 6.07 Å². The van der Waals surface area contributed by atoms with Gasteiger partial charge in [0.25, 0.3) is 11.5 Å². The third-order valence-corrected chi connectivity index (χ3v) is 3.26. The average Bonchev–Trinajstić information content (AvgIpc) is 2.56. The molecule has 0 radical (unpaired) electrons. The van der Waals surface area contributed by atoms with Crippen LogP contribution in [0.1, 0.15) is 35.5 Å². The molecule has 0 aliphatic rings. The normalized spacial score (nSPS) is 9.96. The first-order valence-corrected chi connectivity index (χ1v) is 7.29. The summed E-state index contributed by atoms with van der Waals surface area (Å²) in [5.74, 6) is 0.342. The summed E-state index contributed by atoms with van der Waals surface area (Å²) >= 11 is 0. The Balaban J connectivity index is 2.26. The van der Waals surface area contributed by atoms with E-state index in [0.29, 0.717) is 24.4 Å². The molecule has 6 nitrogen and oxygen atoms in total. The van der Waals surface area contributed by atoms with Crippen molar-refractivity contribution in [2.45, 2.75) is 20.3 Å². The maximum absolute atomic E-state index is 12.4. The Hall–Kier alpha value is -3.07. The number of nitrogens with one attached hydrogen (secondary N) is 2. The predicted octanol–water partition coefficient (Wildman–Crippen LogP) is 2.46. The van der Waals surface area contributed by atoms with E-state index >= 15 is 0 Å². The number of hydrogen-bond donors (Lipinski definition) is 2. The van der Waals surface area contributed by atoms with Crippen molar-refractivity contribution in [3.8, 4) is 11.8 Å². The first-order chi connectivity index (χ1) is 11.1. The van der Waals surface area contributed by atoms with Gasteiger partial charge in [-0.2, -0.15) is 5.26 Å². The molecule has 118 valence electrons. The molecule has 0 spiro atoms. The van der Waals surface area contributed by atoms with Crippen LogP contribution in [-0.2, 0) is 6.42 Å². The Morgan fingerprint density at radius 2 is 2.00 bits per heavy atom. The van der Waals surface area contributed by atoms with Crippen LogP contribution in [0.4, 0.5) is 5.69 Å². The molecule has 0 saturated heterocycles. The van der Waals surface area contributed by atoms with Gasteiger partial charge in [-0.15, -0.1) is 0 Å². The molecule has 0 atom stereocenters. The number of rotatable bonds is 5. The molecule has 0 fully saturated rings. The maximum atomic E-state index is 12.4. The lowest BCUT2D eigenvalue weighted by Crippen LogP contribution is -2.21. The molecule has 1 aromatic heterocycles. The molecule has 1 heterocycles. The van der Waals surface area contributed by atoms with Crippen molar-refractivity contribution in [1.29, 1.82) is 5.26 Å². The highest BCUT2D eigenvalue weighted by Gasteiger charge is 2.14. The number of aromatic amines is 1. The van der Waals surface area contributed by atoms with Gasteiger partial charge in [-0.3, -0.25) is 9.59 Å². The van der Waals surface area contributed by atoms with Gasteiger partial charge in [-0.1, -0.05) is 6.92 Å². The van der Waals surface area contributed by atoms with E-state index in [2.05, 4.69) is 10.3 Å². The lowest BCUT2D eigenvalue weighted by atomic mass is 10.1. The van der Waals surface area contributed by atoms with Crippen molar-refractivity contribution in [2.24, 2.45) is 0 Å². The number of nitrogens with zero attached hydrogens (tertiary/aromatic N) is 1. The largest absolute Gasteiger partial charge is 0.494 e. The van der Waals surface area contributed by atoms with Crippen LogP contribution in [-0.4, -0.2) is 17.5 Å². The fourth-order valence-corrected chi connectivity index (χ4v) is 2.13. The van der Waals surface area contributed by atoms with E-state index in [-0.39, 0.29) is 17.0 Å². The zero-order chi connectivity index (χ0) is 16.8. The van der Waals surface area contributed by atoms with E-state index in [1.807, 2.05) is 13.8 Å². The van der Waals surface area contributed by atoms with Gasteiger partial charge >= 0.3 is 0 Å². The van der Waals surface area contributed by atoms with Crippen molar-refractivity contribution in [1.82, 2.24) is 4.98 Å².